The second kappa shape index (κ2) is 6.48. The Morgan fingerprint density at radius 2 is 2.42 bits per heavy atom. The molecule has 1 aromatic heterocycles. The third-order valence-corrected chi connectivity index (χ3v) is 4.74. The zero-order chi connectivity index (χ0) is 13.8. The number of ether oxygens (including phenoxy) is 2. The molecule has 0 unspecified atom stereocenters. The van der Waals surface area contributed by atoms with Crippen molar-refractivity contribution in [2.24, 2.45) is 0 Å². The normalized spacial score (nSPS) is 20.5. The Bertz CT molecular complexity index is 438. The molecule has 0 saturated carbocycles. The van der Waals surface area contributed by atoms with Crippen LogP contribution >= 0.6 is 11.3 Å². The fourth-order valence-corrected chi connectivity index (χ4v) is 3.27. The van der Waals surface area contributed by atoms with E-state index >= 15 is 0 Å². The zero-order valence-electron chi connectivity index (χ0n) is 11.8. The summed E-state index contributed by atoms with van der Waals surface area (Å²) in [4.78, 5) is 17.4. The quantitative estimate of drug-likeness (QED) is 0.779. The summed E-state index contributed by atoms with van der Waals surface area (Å²) in [6.07, 6.45) is 3.12. The van der Waals surface area contributed by atoms with Gasteiger partial charge in [-0.05, 0) is 33.1 Å². The average Bonchev–Trinajstić information content (AvgIpc) is 2.98. The predicted octanol–water partition coefficient (Wildman–Crippen LogP) is 3.19. The Morgan fingerprint density at radius 1 is 1.63 bits per heavy atom. The smallest absolute Gasteiger partial charge is 0.309 e. The minimum absolute atomic E-state index is 0.0495. The molecule has 2 rings (SSSR count). The molecule has 0 spiro atoms. The maximum absolute atomic E-state index is 11.9. The number of esters is 1. The highest BCUT2D eigenvalue weighted by Crippen LogP contribution is 2.28. The van der Waals surface area contributed by atoms with Crippen LogP contribution in [-0.2, 0) is 20.7 Å². The van der Waals surface area contributed by atoms with Gasteiger partial charge in [-0.25, -0.2) is 4.98 Å². The van der Waals surface area contributed by atoms with Crippen LogP contribution in [0, 0.1) is 6.92 Å². The van der Waals surface area contributed by atoms with E-state index in [1.165, 1.54) is 0 Å². The summed E-state index contributed by atoms with van der Waals surface area (Å²) in [5, 5.41) is 1.09. The average molecular weight is 283 g/mol. The Labute approximate surface area is 118 Å². The first-order valence-electron chi connectivity index (χ1n) is 6.87. The van der Waals surface area contributed by atoms with Crippen molar-refractivity contribution in [1.29, 1.82) is 0 Å². The first kappa shape index (κ1) is 14.5. The molecule has 1 saturated heterocycles. The summed E-state index contributed by atoms with van der Waals surface area (Å²) >= 11 is 1.63. The van der Waals surface area contributed by atoms with Gasteiger partial charge in [0, 0.05) is 6.61 Å². The lowest BCUT2D eigenvalue weighted by Crippen LogP contribution is -2.16. The summed E-state index contributed by atoms with van der Waals surface area (Å²) in [7, 11) is 0. The molecule has 0 N–H and O–H groups in total. The molecule has 0 amide bonds. The lowest BCUT2D eigenvalue weighted by molar-refractivity contribution is -0.150. The summed E-state index contributed by atoms with van der Waals surface area (Å²) in [5.41, 5.74) is 0.972. The molecular weight excluding hydrogens is 262 g/mol. The van der Waals surface area contributed by atoms with Crippen LogP contribution in [0.3, 0.4) is 0 Å². The van der Waals surface area contributed by atoms with Crippen molar-refractivity contribution in [2.75, 3.05) is 6.61 Å². The van der Waals surface area contributed by atoms with Crippen molar-refractivity contribution in [3.8, 4) is 0 Å². The molecular formula is C14H21NO3S. The number of carbonyl (C=O) groups excluding carboxylic acids is 1. The van der Waals surface area contributed by atoms with Crippen LogP contribution in [-0.4, -0.2) is 23.7 Å². The summed E-state index contributed by atoms with van der Waals surface area (Å²) in [5.74, 6) is -0.176. The van der Waals surface area contributed by atoms with E-state index in [1.54, 1.807) is 11.3 Å². The Balaban J connectivity index is 1.90. The SMILES string of the molecule is CCc1nc(C)c([C@@H](C)OC(=O)C[C@@H]2CCCO2)s1. The topological polar surface area (TPSA) is 48.4 Å². The van der Waals surface area contributed by atoms with Crippen LogP contribution in [0.2, 0.25) is 0 Å². The van der Waals surface area contributed by atoms with Gasteiger partial charge in [0.05, 0.1) is 28.1 Å². The van der Waals surface area contributed by atoms with Crippen LogP contribution < -0.4 is 0 Å². The molecule has 4 nitrogen and oxygen atoms in total. The fraction of sp³-hybridized carbons (Fsp3) is 0.714. The third kappa shape index (κ3) is 3.76. The van der Waals surface area contributed by atoms with Crippen molar-refractivity contribution in [3.05, 3.63) is 15.6 Å². The number of aromatic nitrogens is 1. The molecule has 0 aliphatic carbocycles. The van der Waals surface area contributed by atoms with Crippen molar-refractivity contribution < 1.29 is 14.3 Å². The molecule has 1 aromatic rings. The fourth-order valence-electron chi connectivity index (χ4n) is 2.28. The van der Waals surface area contributed by atoms with Crippen LogP contribution in [0.25, 0.3) is 0 Å². The van der Waals surface area contributed by atoms with Gasteiger partial charge in [-0.1, -0.05) is 6.92 Å². The summed E-state index contributed by atoms with van der Waals surface area (Å²) in [6.45, 7) is 6.72. The highest BCUT2D eigenvalue weighted by atomic mass is 32.1. The number of carbonyl (C=O) groups is 1. The minimum atomic E-state index is -0.216. The second-order valence-electron chi connectivity index (χ2n) is 4.88. The van der Waals surface area contributed by atoms with Crippen molar-refractivity contribution >= 4 is 17.3 Å². The van der Waals surface area contributed by atoms with E-state index < -0.39 is 0 Å². The standard InChI is InChI=1S/C14H21NO3S/c1-4-12-15-9(2)14(19-12)10(3)18-13(16)8-11-6-5-7-17-11/h10-11H,4-8H2,1-3H3/t10-,11+/m1/s1. The lowest BCUT2D eigenvalue weighted by Gasteiger charge is -2.14. The number of hydrogen-bond donors (Lipinski definition) is 0. The summed E-state index contributed by atoms with van der Waals surface area (Å²) in [6, 6.07) is 0. The van der Waals surface area contributed by atoms with E-state index in [1.807, 2.05) is 13.8 Å². The molecule has 5 heteroatoms. The van der Waals surface area contributed by atoms with E-state index in [0.717, 1.165) is 41.4 Å². The molecule has 1 aliphatic heterocycles. The van der Waals surface area contributed by atoms with Gasteiger partial charge < -0.3 is 9.47 Å². The minimum Gasteiger partial charge on any atom is -0.457 e. The molecule has 0 radical (unpaired) electrons. The highest BCUT2D eigenvalue weighted by molar-refractivity contribution is 7.11. The van der Waals surface area contributed by atoms with Gasteiger partial charge in [0.1, 0.15) is 6.10 Å². The second-order valence-corrected chi connectivity index (χ2v) is 6.00. The monoisotopic (exact) mass is 283 g/mol. The van der Waals surface area contributed by atoms with Gasteiger partial charge in [0.15, 0.2) is 0 Å². The van der Waals surface area contributed by atoms with Gasteiger partial charge in [-0.2, -0.15) is 0 Å². The van der Waals surface area contributed by atoms with E-state index in [2.05, 4.69) is 11.9 Å². The van der Waals surface area contributed by atoms with Gasteiger partial charge >= 0.3 is 5.97 Å². The van der Waals surface area contributed by atoms with E-state index in [-0.39, 0.29) is 18.2 Å². The van der Waals surface area contributed by atoms with E-state index in [4.69, 9.17) is 9.47 Å². The number of aryl methyl sites for hydroxylation is 2. The molecule has 0 aromatic carbocycles. The lowest BCUT2D eigenvalue weighted by atomic mass is 10.2. The Morgan fingerprint density at radius 3 is 3.00 bits per heavy atom. The Hall–Kier alpha value is -0.940. The molecule has 106 valence electrons. The Kier molecular flexibility index (Phi) is 4.93. The third-order valence-electron chi connectivity index (χ3n) is 3.27. The van der Waals surface area contributed by atoms with E-state index in [9.17, 15) is 4.79 Å². The van der Waals surface area contributed by atoms with Crippen LogP contribution in [0.4, 0.5) is 0 Å². The van der Waals surface area contributed by atoms with Crippen LogP contribution in [0.5, 0.6) is 0 Å². The van der Waals surface area contributed by atoms with Crippen LogP contribution in [0.15, 0.2) is 0 Å². The number of hydrogen-bond acceptors (Lipinski definition) is 5. The van der Waals surface area contributed by atoms with Gasteiger partial charge in [0.25, 0.3) is 0 Å². The van der Waals surface area contributed by atoms with Crippen molar-refractivity contribution in [3.63, 3.8) is 0 Å². The molecule has 2 atom stereocenters. The van der Waals surface area contributed by atoms with Crippen molar-refractivity contribution in [1.82, 2.24) is 4.98 Å². The maximum atomic E-state index is 11.9. The molecule has 1 aliphatic rings. The van der Waals surface area contributed by atoms with E-state index in [0.29, 0.717) is 6.42 Å². The highest BCUT2D eigenvalue weighted by Gasteiger charge is 2.23. The molecule has 1 fully saturated rings. The maximum Gasteiger partial charge on any atom is 0.309 e. The predicted molar refractivity (Wildman–Crippen MR) is 74.3 cm³/mol. The first-order chi connectivity index (χ1) is 9.10. The zero-order valence-corrected chi connectivity index (χ0v) is 12.6. The number of rotatable bonds is 5. The van der Waals surface area contributed by atoms with Gasteiger partial charge in [-0.3, -0.25) is 4.79 Å². The molecule has 2 heterocycles. The van der Waals surface area contributed by atoms with Crippen molar-refractivity contribution in [2.45, 2.75) is 58.7 Å². The van der Waals surface area contributed by atoms with Gasteiger partial charge in [-0.15, -0.1) is 11.3 Å². The first-order valence-corrected chi connectivity index (χ1v) is 7.69. The van der Waals surface area contributed by atoms with Crippen LogP contribution in [0.1, 0.15) is 54.8 Å². The van der Waals surface area contributed by atoms with Gasteiger partial charge in [0.2, 0.25) is 0 Å². The number of nitrogens with zero attached hydrogens (tertiary/aromatic N) is 1. The molecule has 19 heavy (non-hydrogen) atoms. The molecule has 0 bridgehead atoms. The number of thiazole rings is 1. The largest absolute Gasteiger partial charge is 0.457 e. The summed E-state index contributed by atoms with van der Waals surface area (Å²) < 4.78 is 10.9.